The smallest absolute Gasteiger partial charge is 0.225 e. The van der Waals surface area contributed by atoms with Crippen LogP contribution >= 0.6 is 24.8 Å². The Kier molecular flexibility index (Phi) is 8.35. The van der Waals surface area contributed by atoms with Crippen LogP contribution in [0.1, 0.15) is 37.7 Å². The lowest BCUT2D eigenvalue weighted by Crippen LogP contribution is -2.56. The summed E-state index contributed by atoms with van der Waals surface area (Å²) in [6.45, 7) is 4.07. The number of halogens is 2. The molecule has 0 atom stereocenters. The Morgan fingerprint density at radius 1 is 0.893 bits per heavy atom. The molecule has 2 aliphatic rings. The van der Waals surface area contributed by atoms with Crippen molar-refractivity contribution in [3.8, 4) is 5.75 Å². The van der Waals surface area contributed by atoms with Crippen LogP contribution in [0.25, 0.3) is 0 Å². The van der Waals surface area contributed by atoms with Gasteiger partial charge in [0.2, 0.25) is 5.95 Å². The molecular weight excluding hydrogens is 395 g/mol. The van der Waals surface area contributed by atoms with Crippen molar-refractivity contribution in [2.45, 2.75) is 37.6 Å². The zero-order chi connectivity index (χ0) is 17.8. The van der Waals surface area contributed by atoms with Crippen molar-refractivity contribution >= 4 is 30.8 Å². The zero-order valence-electron chi connectivity index (χ0n) is 16.4. The summed E-state index contributed by atoms with van der Waals surface area (Å²) in [6.07, 6.45) is 10.1. The van der Waals surface area contributed by atoms with Gasteiger partial charge in [-0.15, -0.1) is 24.8 Å². The lowest BCUT2D eigenvalue weighted by molar-refractivity contribution is 0.0412. The summed E-state index contributed by atoms with van der Waals surface area (Å²) in [5.41, 5.74) is 1.57. The van der Waals surface area contributed by atoms with E-state index in [1.165, 1.54) is 37.7 Å². The number of ether oxygens (including phenoxy) is 1. The first kappa shape index (κ1) is 22.7. The maximum Gasteiger partial charge on any atom is 0.225 e. The Hall–Kier alpha value is -1.56. The van der Waals surface area contributed by atoms with E-state index < -0.39 is 0 Å². The normalized spacial score (nSPS) is 19.2. The quantitative estimate of drug-likeness (QED) is 0.730. The fraction of sp³-hybridized carbons (Fsp3) is 0.524. The summed E-state index contributed by atoms with van der Waals surface area (Å²) in [5.74, 6) is 1.81. The van der Waals surface area contributed by atoms with Crippen molar-refractivity contribution in [3.05, 3.63) is 48.3 Å². The summed E-state index contributed by atoms with van der Waals surface area (Å²) >= 11 is 0. The molecule has 1 saturated heterocycles. The molecule has 0 spiro atoms. The predicted molar refractivity (Wildman–Crippen MR) is 118 cm³/mol. The molecule has 1 aliphatic carbocycles. The van der Waals surface area contributed by atoms with Crippen LogP contribution in [-0.2, 0) is 5.54 Å². The molecule has 28 heavy (non-hydrogen) atoms. The van der Waals surface area contributed by atoms with E-state index in [-0.39, 0.29) is 30.4 Å². The van der Waals surface area contributed by atoms with Gasteiger partial charge in [0.15, 0.2) is 0 Å². The molecule has 0 radical (unpaired) electrons. The van der Waals surface area contributed by atoms with Gasteiger partial charge in [0.25, 0.3) is 0 Å². The molecule has 0 N–H and O–H groups in total. The third-order valence-electron chi connectivity index (χ3n) is 6.01. The number of rotatable bonds is 4. The average Bonchev–Trinajstić information content (AvgIpc) is 2.75. The number of hydrogen-bond donors (Lipinski definition) is 0. The number of methoxy groups -OCH3 is 1. The average molecular weight is 425 g/mol. The number of hydrogen-bond acceptors (Lipinski definition) is 5. The maximum atomic E-state index is 5.51. The van der Waals surface area contributed by atoms with Crippen LogP contribution in [-0.4, -0.2) is 48.2 Å². The Morgan fingerprint density at radius 2 is 1.57 bits per heavy atom. The highest BCUT2D eigenvalue weighted by atomic mass is 35.5. The molecule has 2 heterocycles. The number of benzene rings is 1. The van der Waals surface area contributed by atoms with Crippen LogP contribution in [0, 0.1) is 0 Å². The first-order valence-corrected chi connectivity index (χ1v) is 9.73. The Labute approximate surface area is 180 Å². The molecule has 0 amide bonds. The van der Waals surface area contributed by atoms with Crippen molar-refractivity contribution in [2.24, 2.45) is 0 Å². The molecule has 1 aliphatic heterocycles. The van der Waals surface area contributed by atoms with E-state index in [2.05, 4.69) is 38.0 Å². The first-order valence-electron chi connectivity index (χ1n) is 9.73. The number of nitrogens with zero attached hydrogens (tertiary/aromatic N) is 4. The van der Waals surface area contributed by atoms with Gasteiger partial charge < -0.3 is 9.64 Å². The second-order valence-corrected chi connectivity index (χ2v) is 7.35. The van der Waals surface area contributed by atoms with Crippen molar-refractivity contribution < 1.29 is 4.74 Å². The number of anilines is 1. The summed E-state index contributed by atoms with van der Waals surface area (Å²) in [4.78, 5) is 13.8. The van der Waals surface area contributed by atoms with Crippen LogP contribution in [0.4, 0.5) is 5.95 Å². The van der Waals surface area contributed by atoms with Gasteiger partial charge in [-0.05, 0) is 36.6 Å². The fourth-order valence-electron chi connectivity index (χ4n) is 4.63. The lowest BCUT2D eigenvalue weighted by Gasteiger charge is -2.50. The van der Waals surface area contributed by atoms with Gasteiger partial charge in [0.1, 0.15) is 5.75 Å². The highest BCUT2D eigenvalue weighted by Gasteiger charge is 2.41. The summed E-state index contributed by atoms with van der Waals surface area (Å²) < 4.78 is 5.51. The van der Waals surface area contributed by atoms with Gasteiger partial charge in [0.05, 0.1) is 7.11 Å². The standard InChI is InChI=1S/C21H28N4O.2ClH/c1-26-19-8-5-7-18(17-19)21(9-3-2-4-10-21)25-15-13-24(14-16-25)20-22-11-6-12-23-20;;/h5-8,11-12,17H,2-4,9-10,13-16H2,1H3;2*1H. The van der Waals surface area contributed by atoms with Crippen molar-refractivity contribution in [1.29, 1.82) is 0 Å². The summed E-state index contributed by atoms with van der Waals surface area (Å²) in [5, 5.41) is 0. The van der Waals surface area contributed by atoms with Crippen molar-refractivity contribution in [3.63, 3.8) is 0 Å². The molecule has 2 fully saturated rings. The highest BCUT2D eigenvalue weighted by Crippen LogP contribution is 2.43. The Balaban J connectivity index is 0.00000140. The largest absolute Gasteiger partial charge is 0.497 e. The molecule has 5 nitrogen and oxygen atoms in total. The molecule has 7 heteroatoms. The Bertz CT molecular complexity index is 717. The summed E-state index contributed by atoms with van der Waals surface area (Å²) in [6, 6.07) is 10.6. The van der Waals surface area contributed by atoms with Crippen molar-refractivity contribution in [2.75, 3.05) is 38.2 Å². The topological polar surface area (TPSA) is 41.5 Å². The van der Waals surface area contributed by atoms with Gasteiger partial charge in [-0.2, -0.15) is 0 Å². The van der Waals surface area contributed by atoms with E-state index in [1.807, 2.05) is 24.5 Å². The molecule has 2 aromatic rings. The highest BCUT2D eigenvalue weighted by molar-refractivity contribution is 5.85. The third-order valence-corrected chi connectivity index (χ3v) is 6.01. The maximum absolute atomic E-state index is 5.51. The molecule has 154 valence electrons. The second kappa shape index (κ2) is 10.3. The molecule has 1 aromatic carbocycles. The van der Waals surface area contributed by atoms with Gasteiger partial charge in [-0.25, -0.2) is 9.97 Å². The van der Waals surface area contributed by atoms with E-state index in [9.17, 15) is 0 Å². The minimum atomic E-state index is 0. The number of piperazine rings is 1. The van der Waals surface area contributed by atoms with Crippen LogP contribution in [0.3, 0.4) is 0 Å². The van der Waals surface area contributed by atoms with Gasteiger partial charge in [-0.1, -0.05) is 31.4 Å². The SMILES string of the molecule is COc1cccc(C2(N3CCN(c4ncccn4)CC3)CCCCC2)c1.Cl.Cl. The second-order valence-electron chi connectivity index (χ2n) is 7.35. The molecule has 0 bridgehead atoms. The zero-order valence-corrected chi connectivity index (χ0v) is 18.1. The van der Waals surface area contributed by atoms with E-state index in [1.54, 1.807) is 7.11 Å². The van der Waals surface area contributed by atoms with Crippen LogP contribution < -0.4 is 9.64 Å². The summed E-state index contributed by atoms with van der Waals surface area (Å²) in [7, 11) is 1.76. The monoisotopic (exact) mass is 424 g/mol. The minimum Gasteiger partial charge on any atom is -0.497 e. The molecule has 4 rings (SSSR count). The van der Waals surface area contributed by atoms with Crippen molar-refractivity contribution in [1.82, 2.24) is 14.9 Å². The van der Waals surface area contributed by atoms with Gasteiger partial charge in [-0.3, -0.25) is 4.90 Å². The van der Waals surface area contributed by atoms with Crippen LogP contribution in [0.15, 0.2) is 42.7 Å². The fourth-order valence-corrected chi connectivity index (χ4v) is 4.63. The van der Waals surface area contributed by atoms with E-state index in [0.717, 1.165) is 37.9 Å². The van der Waals surface area contributed by atoms with Crippen LogP contribution in [0.5, 0.6) is 5.75 Å². The predicted octanol–water partition coefficient (Wildman–Crippen LogP) is 4.31. The van der Waals surface area contributed by atoms with E-state index in [0.29, 0.717) is 0 Å². The molecule has 0 unspecified atom stereocenters. The number of aromatic nitrogens is 2. The van der Waals surface area contributed by atoms with Gasteiger partial charge >= 0.3 is 0 Å². The molecular formula is C21H30Cl2N4O. The third kappa shape index (κ3) is 4.53. The molecule has 1 saturated carbocycles. The Morgan fingerprint density at radius 3 is 2.21 bits per heavy atom. The van der Waals surface area contributed by atoms with Gasteiger partial charge in [0, 0.05) is 44.1 Å². The first-order chi connectivity index (χ1) is 12.8. The molecule has 1 aromatic heterocycles. The van der Waals surface area contributed by atoms with E-state index in [4.69, 9.17) is 4.74 Å². The van der Waals surface area contributed by atoms with E-state index >= 15 is 0 Å². The lowest BCUT2D eigenvalue weighted by atomic mass is 9.75. The van der Waals surface area contributed by atoms with Crippen LogP contribution in [0.2, 0.25) is 0 Å². The minimum absolute atomic E-state index is 0.